The first-order valence-corrected chi connectivity index (χ1v) is 15.9. The van der Waals surface area contributed by atoms with E-state index in [2.05, 4.69) is 17.1 Å². The first kappa shape index (κ1) is 49.4. The predicted molar refractivity (Wildman–Crippen MR) is 196 cm³/mol. The summed E-state index contributed by atoms with van der Waals surface area (Å²) in [5.74, 6) is -2.77. The molecule has 3 aliphatic heterocycles. The van der Waals surface area contributed by atoms with Crippen molar-refractivity contribution < 1.29 is 63.5 Å². The molecule has 3 heterocycles. The van der Waals surface area contributed by atoms with Gasteiger partial charge in [0.05, 0.1) is 66.2 Å². The molecule has 0 aliphatic carbocycles. The van der Waals surface area contributed by atoms with Crippen molar-refractivity contribution in [2.75, 3.05) is 74.6 Å². The third kappa shape index (κ3) is 17.8. The number of hydrogen-bond acceptors (Lipinski definition) is 11. The smallest absolute Gasteiger partial charge is 0.275 e. The fourth-order valence-corrected chi connectivity index (χ4v) is 5.07. The van der Waals surface area contributed by atoms with E-state index in [1.807, 2.05) is 18.7 Å². The van der Waals surface area contributed by atoms with E-state index in [-0.39, 0.29) is 65.4 Å². The fourth-order valence-electron chi connectivity index (χ4n) is 5.07. The summed E-state index contributed by atoms with van der Waals surface area (Å²) in [4.78, 5) is 23.2. The van der Waals surface area contributed by atoms with Gasteiger partial charge in [-0.05, 0) is 45.0 Å². The number of hydrogen-bond donors (Lipinski definition) is 2. The average Bonchev–Trinajstić information content (AvgIpc) is 3.05. The Labute approximate surface area is 328 Å². The van der Waals surface area contributed by atoms with Gasteiger partial charge >= 0.3 is 0 Å². The van der Waals surface area contributed by atoms with E-state index in [0.29, 0.717) is 62.0 Å². The number of anilines is 3. The molecule has 0 radical (unpaired) electrons. The largest absolute Gasteiger partial charge is 0.399 e. The van der Waals surface area contributed by atoms with Crippen LogP contribution in [0.5, 0.6) is 0 Å². The number of nitrogens with zero attached hydrogens (tertiary/aromatic N) is 4. The molecule has 3 N–H and O–H groups in total. The van der Waals surface area contributed by atoms with Gasteiger partial charge in [0.15, 0.2) is 0 Å². The Hall–Kier alpha value is -3.63. The molecule has 0 amide bonds. The molecule has 0 bridgehead atoms. The molecule has 19 heteroatoms. The molecule has 0 aromatic heterocycles. The molecule has 3 saturated heterocycles. The Balaban J connectivity index is 0. The molecule has 3 aromatic rings. The quantitative estimate of drug-likeness (QED) is 0.0730. The maximum atomic E-state index is 13.3. The molecule has 3 atom stereocenters. The summed E-state index contributed by atoms with van der Waals surface area (Å²) in [6, 6.07) is 10.1. The van der Waals surface area contributed by atoms with Crippen LogP contribution in [-0.2, 0) is 34.6 Å². The van der Waals surface area contributed by atoms with E-state index in [0.717, 1.165) is 44.5 Å². The molecule has 6 rings (SSSR count). The van der Waals surface area contributed by atoms with Crippen molar-refractivity contribution >= 4 is 40.8 Å². The van der Waals surface area contributed by atoms with Crippen LogP contribution in [0.1, 0.15) is 22.2 Å². The van der Waals surface area contributed by atoms with E-state index >= 15 is 0 Å². The first-order chi connectivity index (χ1) is 23.7. The second-order valence-corrected chi connectivity index (χ2v) is 11.7. The maximum absolute atomic E-state index is 13.3. The minimum Gasteiger partial charge on any atom is -0.399 e. The van der Waals surface area contributed by atoms with Crippen LogP contribution in [-0.4, -0.2) is 87.2 Å². The Morgan fingerprint density at radius 3 is 1.49 bits per heavy atom. The molecule has 0 unspecified atom stereocenters. The SMILES string of the molecule is C[C@@H]1CN(c2cc(F)cc([N+](=O)[O-])c2)CCO1.C[C@@H]1CN(c2cc(N)cc(F)c2)CCO1.C[C@@H]1CNCCO1.Cl.O=[N+]([O-])c1cc(F)cc(F)c1.[CH3-].[HH].[Pd]. The standard InChI is InChI=1S/C11H13FN2O3.C11H15FN2O.C6H3F2NO2.C5H11NO.CH3.ClH.Pd.H2/c1-8-7-13(2-3-17-8)10-4-9(12)5-11(6-10)14(15)16;1-8-7-14(2-3-15-8)11-5-9(12)4-10(13)6-11;7-4-1-5(8)3-6(2-4)9(10)11;1-5-4-6-2-3-7-5;;;;/h4-6,8H,2-3,7H2,1H3;4-6,8H,2-3,7,13H2,1H3;1-3H;5-6H,2-4H2,1H3;1H3;1H;;1H/q;;;;-1;;;/t2*8-;;5-;;;;/m11.1..../s1. The predicted octanol–water partition coefficient (Wildman–Crippen LogP) is 6.58. The second-order valence-electron chi connectivity index (χ2n) is 11.7. The van der Waals surface area contributed by atoms with E-state index in [1.54, 1.807) is 6.07 Å². The number of halogens is 5. The fraction of sp³-hybridized carbons (Fsp3) is 0.441. The van der Waals surface area contributed by atoms with Gasteiger partial charge in [-0.2, -0.15) is 0 Å². The van der Waals surface area contributed by atoms with Crippen molar-refractivity contribution in [3.05, 3.63) is 106 Å². The Morgan fingerprint density at radius 2 is 1.11 bits per heavy atom. The number of nitrogens with two attached hydrogens (primary N) is 1. The number of nitrogen functional groups attached to an aromatic ring is 1. The van der Waals surface area contributed by atoms with Crippen LogP contribution in [0, 0.1) is 50.9 Å². The Morgan fingerprint density at radius 1 is 0.698 bits per heavy atom. The van der Waals surface area contributed by atoms with Gasteiger partial charge in [-0.25, -0.2) is 17.6 Å². The van der Waals surface area contributed by atoms with Crippen molar-refractivity contribution in [2.24, 2.45) is 0 Å². The minimum atomic E-state index is -0.948. The summed E-state index contributed by atoms with van der Waals surface area (Å²) in [6.45, 7) is 12.9. The summed E-state index contributed by atoms with van der Waals surface area (Å²) in [5, 5.41) is 23.8. The van der Waals surface area contributed by atoms with E-state index in [4.69, 9.17) is 19.9 Å². The zero-order valence-electron chi connectivity index (χ0n) is 29.8. The molecule has 0 saturated carbocycles. The first-order valence-electron chi connectivity index (χ1n) is 15.9. The third-order valence-electron chi connectivity index (χ3n) is 7.37. The summed E-state index contributed by atoms with van der Waals surface area (Å²) in [7, 11) is 0. The number of nitro benzene ring substituents is 2. The zero-order valence-corrected chi connectivity index (χ0v) is 32.1. The van der Waals surface area contributed by atoms with Gasteiger partial charge in [0, 0.05) is 90.3 Å². The second kappa shape index (κ2) is 24.6. The molecular weight excluding hydrogens is 822 g/mol. The average molecular weight is 871 g/mol. The molecule has 3 fully saturated rings. The van der Waals surface area contributed by atoms with E-state index < -0.39 is 33.0 Å². The van der Waals surface area contributed by atoms with Crippen molar-refractivity contribution in [1.82, 2.24) is 5.32 Å². The number of non-ortho nitro benzene ring substituents is 2. The molecular formula is C34H48ClF4N6O7Pd-. The van der Waals surface area contributed by atoms with Gasteiger partial charge < -0.3 is 42.5 Å². The van der Waals surface area contributed by atoms with Gasteiger partial charge in [0.2, 0.25) is 0 Å². The van der Waals surface area contributed by atoms with Crippen molar-refractivity contribution in [1.29, 1.82) is 0 Å². The summed E-state index contributed by atoms with van der Waals surface area (Å²) in [6.07, 6.45) is 0.656. The van der Waals surface area contributed by atoms with Crippen LogP contribution in [0.15, 0.2) is 54.6 Å². The van der Waals surface area contributed by atoms with Gasteiger partial charge in [0.1, 0.15) is 23.3 Å². The van der Waals surface area contributed by atoms with Crippen LogP contribution >= 0.6 is 12.4 Å². The van der Waals surface area contributed by atoms with Gasteiger partial charge in [-0.15, -0.1) is 12.4 Å². The number of nitrogens with one attached hydrogen (secondary N) is 1. The number of ether oxygens (including phenoxy) is 3. The van der Waals surface area contributed by atoms with Crippen LogP contribution in [0.3, 0.4) is 0 Å². The number of morpholine rings is 3. The Kier molecular flexibility index (Phi) is 23.0. The molecule has 0 spiro atoms. The molecule has 302 valence electrons. The van der Waals surface area contributed by atoms with Crippen LogP contribution in [0.4, 0.5) is 46.0 Å². The molecule has 53 heavy (non-hydrogen) atoms. The van der Waals surface area contributed by atoms with Gasteiger partial charge in [-0.1, -0.05) is 0 Å². The zero-order chi connectivity index (χ0) is 36.8. The summed E-state index contributed by atoms with van der Waals surface area (Å²) in [5.41, 5.74) is 6.63. The van der Waals surface area contributed by atoms with E-state index in [1.165, 1.54) is 24.3 Å². The summed E-state index contributed by atoms with van der Waals surface area (Å²) < 4.78 is 66.9. The molecule has 3 aliphatic rings. The topological polar surface area (TPSA) is 158 Å². The maximum Gasteiger partial charge on any atom is 0.275 e. The van der Waals surface area contributed by atoms with Gasteiger partial charge in [-0.3, -0.25) is 20.2 Å². The van der Waals surface area contributed by atoms with E-state index in [9.17, 15) is 37.8 Å². The minimum absolute atomic E-state index is 0. The third-order valence-corrected chi connectivity index (χ3v) is 7.37. The number of nitro groups is 2. The monoisotopic (exact) mass is 869 g/mol. The Bertz CT molecular complexity index is 1550. The van der Waals surface area contributed by atoms with Crippen LogP contribution in [0.25, 0.3) is 0 Å². The number of rotatable bonds is 4. The molecule has 13 nitrogen and oxygen atoms in total. The normalized spacial score (nSPS) is 19.0. The van der Waals surface area contributed by atoms with Gasteiger partial charge in [0.25, 0.3) is 11.4 Å². The number of benzene rings is 3. The van der Waals surface area contributed by atoms with Crippen LogP contribution in [0.2, 0.25) is 0 Å². The van der Waals surface area contributed by atoms with Crippen molar-refractivity contribution in [3.63, 3.8) is 0 Å². The van der Waals surface area contributed by atoms with Crippen molar-refractivity contribution in [3.8, 4) is 0 Å². The molecule has 3 aromatic carbocycles. The summed E-state index contributed by atoms with van der Waals surface area (Å²) >= 11 is 0. The van der Waals surface area contributed by atoms with Crippen LogP contribution < -0.4 is 20.9 Å². The van der Waals surface area contributed by atoms with Crippen molar-refractivity contribution in [2.45, 2.75) is 39.1 Å².